The molecule has 7 rings (SSSR count). The van der Waals surface area contributed by atoms with E-state index < -0.39 is 5.82 Å². The number of phenols is 1. The molecule has 2 saturated heterocycles. The van der Waals surface area contributed by atoms with Crippen molar-refractivity contribution in [2.24, 2.45) is 0 Å². The van der Waals surface area contributed by atoms with Crippen LogP contribution in [0.15, 0.2) is 60.8 Å². The van der Waals surface area contributed by atoms with Crippen molar-refractivity contribution in [2.75, 3.05) is 37.7 Å². The largest absolute Gasteiger partial charge is 0.508 e. The van der Waals surface area contributed by atoms with Gasteiger partial charge in [-0.2, -0.15) is 5.10 Å². The van der Waals surface area contributed by atoms with Gasteiger partial charge in [0.1, 0.15) is 24.2 Å². The van der Waals surface area contributed by atoms with Crippen molar-refractivity contribution < 1.29 is 23.7 Å². The number of benzene rings is 3. The second-order valence-electron chi connectivity index (χ2n) is 11.2. The molecule has 2 fully saturated rings. The van der Waals surface area contributed by atoms with Gasteiger partial charge in [-0.1, -0.05) is 19.1 Å². The van der Waals surface area contributed by atoms with E-state index in [-0.39, 0.29) is 29.9 Å². The molecule has 0 aliphatic carbocycles. The highest BCUT2D eigenvalue weighted by Crippen LogP contribution is 2.47. The minimum absolute atomic E-state index is 0.00808. The third kappa shape index (κ3) is 4.97. The van der Waals surface area contributed by atoms with Gasteiger partial charge in [-0.05, 0) is 68.1 Å². The lowest BCUT2D eigenvalue weighted by atomic mass is 10.0. The molecular formula is C32H35FN4O4. The lowest BCUT2D eigenvalue weighted by Gasteiger charge is -2.40. The van der Waals surface area contributed by atoms with Crippen LogP contribution in [0.4, 0.5) is 15.8 Å². The van der Waals surface area contributed by atoms with Crippen LogP contribution in [-0.2, 0) is 4.74 Å². The van der Waals surface area contributed by atoms with Crippen LogP contribution in [0.5, 0.6) is 17.2 Å². The van der Waals surface area contributed by atoms with E-state index >= 15 is 4.39 Å². The minimum Gasteiger partial charge on any atom is -0.508 e. The van der Waals surface area contributed by atoms with Crippen molar-refractivity contribution >= 4 is 22.3 Å². The maximum Gasteiger partial charge on any atom is 0.167 e. The maximum absolute atomic E-state index is 15.5. The van der Waals surface area contributed by atoms with Crippen molar-refractivity contribution in [2.45, 2.75) is 51.0 Å². The van der Waals surface area contributed by atoms with Crippen molar-refractivity contribution in [3.63, 3.8) is 0 Å². The summed E-state index contributed by atoms with van der Waals surface area (Å²) < 4.78 is 35.8. The zero-order valence-electron chi connectivity index (χ0n) is 23.2. The number of anilines is 2. The van der Waals surface area contributed by atoms with E-state index in [1.54, 1.807) is 24.3 Å². The highest BCUT2D eigenvalue weighted by atomic mass is 19.1. The molecule has 1 N–H and O–H groups in total. The first-order valence-electron chi connectivity index (χ1n) is 14.6. The standard InChI is InChI=1S/C32H35FN4O4/c1-2-12-35-18-25(19-35)41-30-11-8-23(15-26(30)33)36-28-14-22-17-34-37(32-5-3-4-13-39-32)27(22)16-31(28)40-20-29(36)21-6-9-24(38)10-7-21/h6-11,14-17,25,29,32,38H,2-5,12-13,18-20H2,1H3/t29-,32?/m0/s1. The van der Waals surface area contributed by atoms with Crippen LogP contribution in [0.3, 0.4) is 0 Å². The molecule has 4 aromatic rings. The summed E-state index contributed by atoms with van der Waals surface area (Å²) in [4.78, 5) is 4.42. The predicted molar refractivity (Wildman–Crippen MR) is 155 cm³/mol. The monoisotopic (exact) mass is 558 g/mol. The molecule has 41 heavy (non-hydrogen) atoms. The van der Waals surface area contributed by atoms with E-state index in [2.05, 4.69) is 27.9 Å². The summed E-state index contributed by atoms with van der Waals surface area (Å²) in [6.45, 7) is 5.93. The first-order valence-corrected chi connectivity index (χ1v) is 14.6. The fourth-order valence-electron chi connectivity index (χ4n) is 6.19. The van der Waals surface area contributed by atoms with Crippen molar-refractivity contribution in [3.8, 4) is 17.2 Å². The Balaban J connectivity index is 1.24. The van der Waals surface area contributed by atoms with E-state index in [9.17, 15) is 5.11 Å². The Labute approximate surface area is 238 Å². The number of halogens is 1. The SMILES string of the molecule is CCCN1CC(Oc2ccc(N3c4cc5cnn(C6CCCCO6)c5cc4OC[C@H]3c3ccc(O)cc3)cc2F)C1. The average molecular weight is 559 g/mol. The summed E-state index contributed by atoms with van der Waals surface area (Å²) in [6, 6.07) is 16.1. The van der Waals surface area contributed by atoms with Crippen LogP contribution in [0.2, 0.25) is 0 Å². The molecule has 0 amide bonds. The number of aromatic nitrogens is 2. The van der Waals surface area contributed by atoms with Crippen LogP contribution in [0.25, 0.3) is 10.9 Å². The Hall–Kier alpha value is -3.82. The zero-order chi connectivity index (χ0) is 27.9. The second kappa shape index (κ2) is 10.9. The molecule has 2 atom stereocenters. The molecule has 214 valence electrons. The zero-order valence-corrected chi connectivity index (χ0v) is 23.2. The van der Waals surface area contributed by atoms with Gasteiger partial charge in [0.15, 0.2) is 17.8 Å². The van der Waals surface area contributed by atoms with Crippen LogP contribution in [-0.4, -0.2) is 58.7 Å². The summed E-state index contributed by atoms with van der Waals surface area (Å²) in [7, 11) is 0. The summed E-state index contributed by atoms with van der Waals surface area (Å²) in [6.07, 6.45) is 5.98. The molecule has 0 bridgehead atoms. The third-order valence-corrected chi connectivity index (χ3v) is 8.30. The van der Waals surface area contributed by atoms with E-state index in [0.717, 1.165) is 74.1 Å². The highest BCUT2D eigenvalue weighted by Gasteiger charge is 2.33. The topological polar surface area (TPSA) is 72.2 Å². The highest BCUT2D eigenvalue weighted by molar-refractivity contribution is 5.89. The van der Waals surface area contributed by atoms with Gasteiger partial charge in [0, 0.05) is 42.9 Å². The number of nitrogens with zero attached hydrogens (tertiary/aromatic N) is 4. The number of fused-ring (bicyclic) bond motifs is 2. The Bertz CT molecular complexity index is 1530. The summed E-state index contributed by atoms with van der Waals surface area (Å²) in [5.74, 6) is 0.778. The van der Waals surface area contributed by atoms with Gasteiger partial charge < -0.3 is 24.2 Å². The van der Waals surface area contributed by atoms with Gasteiger partial charge >= 0.3 is 0 Å². The fourth-order valence-corrected chi connectivity index (χ4v) is 6.19. The predicted octanol–water partition coefficient (Wildman–Crippen LogP) is 6.32. The number of hydrogen-bond donors (Lipinski definition) is 1. The Morgan fingerprint density at radius 2 is 1.93 bits per heavy atom. The second-order valence-corrected chi connectivity index (χ2v) is 11.2. The molecule has 4 heterocycles. The molecule has 0 saturated carbocycles. The average Bonchev–Trinajstić information content (AvgIpc) is 3.39. The van der Waals surface area contributed by atoms with Crippen LogP contribution in [0, 0.1) is 5.82 Å². The summed E-state index contributed by atoms with van der Waals surface area (Å²) in [5, 5.41) is 15.5. The van der Waals surface area contributed by atoms with Gasteiger partial charge in [0.2, 0.25) is 0 Å². The molecule has 0 spiro atoms. The van der Waals surface area contributed by atoms with Crippen LogP contribution >= 0.6 is 0 Å². The number of phenolic OH excluding ortho intramolecular Hbond substituents is 1. The lowest BCUT2D eigenvalue weighted by Crippen LogP contribution is -2.53. The molecule has 8 nitrogen and oxygen atoms in total. The number of ether oxygens (including phenoxy) is 3. The first kappa shape index (κ1) is 26.1. The number of likely N-dealkylation sites (tertiary alicyclic amines) is 1. The fraction of sp³-hybridized carbons (Fsp3) is 0.406. The molecule has 9 heteroatoms. The van der Waals surface area contributed by atoms with Gasteiger partial charge in [-0.3, -0.25) is 4.90 Å². The minimum atomic E-state index is -0.391. The number of aromatic hydroxyl groups is 1. The van der Waals surface area contributed by atoms with E-state index in [1.807, 2.05) is 35.1 Å². The van der Waals surface area contributed by atoms with Gasteiger partial charge in [-0.15, -0.1) is 0 Å². The third-order valence-electron chi connectivity index (χ3n) is 8.30. The molecule has 3 aromatic carbocycles. The van der Waals surface area contributed by atoms with Crippen LogP contribution in [0.1, 0.15) is 50.4 Å². The molecule has 1 unspecified atom stereocenters. The van der Waals surface area contributed by atoms with Crippen LogP contribution < -0.4 is 14.4 Å². The van der Waals surface area contributed by atoms with Gasteiger partial charge in [-0.25, -0.2) is 9.07 Å². The quantitative estimate of drug-likeness (QED) is 0.284. The Morgan fingerprint density at radius 3 is 2.68 bits per heavy atom. The lowest BCUT2D eigenvalue weighted by molar-refractivity contribution is -0.0366. The Kier molecular flexibility index (Phi) is 6.92. The molecule has 0 radical (unpaired) electrons. The molecule has 1 aromatic heterocycles. The van der Waals surface area contributed by atoms with Crippen molar-refractivity contribution in [1.82, 2.24) is 14.7 Å². The normalized spacial score (nSPS) is 21.4. The molecule has 3 aliphatic rings. The molecular weight excluding hydrogens is 523 g/mol. The summed E-state index contributed by atoms with van der Waals surface area (Å²) in [5.41, 5.74) is 3.42. The van der Waals surface area contributed by atoms with E-state index in [4.69, 9.17) is 14.2 Å². The summed E-state index contributed by atoms with van der Waals surface area (Å²) >= 11 is 0. The van der Waals surface area contributed by atoms with E-state index in [1.165, 1.54) is 0 Å². The van der Waals surface area contributed by atoms with Gasteiger partial charge in [0.05, 0.1) is 23.4 Å². The molecule has 3 aliphatic heterocycles. The first-order chi connectivity index (χ1) is 20.1. The number of rotatable bonds is 7. The van der Waals surface area contributed by atoms with Crippen molar-refractivity contribution in [3.05, 3.63) is 72.2 Å². The van der Waals surface area contributed by atoms with Crippen molar-refractivity contribution in [1.29, 1.82) is 0 Å². The van der Waals surface area contributed by atoms with Gasteiger partial charge in [0.25, 0.3) is 0 Å². The maximum atomic E-state index is 15.5. The smallest absolute Gasteiger partial charge is 0.167 e. The number of hydrogen-bond acceptors (Lipinski definition) is 7. The van der Waals surface area contributed by atoms with E-state index in [0.29, 0.717) is 18.0 Å². The Morgan fingerprint density at radius 1 is 1.07 bits per heavy atom.